The molecular weight excluding hydrogens is 376 g/mol. The lowest BCUT2D eigenvalue weighted by atomic mass is 9.82. The normalized spacial score (nSPS) is 15.7. The molecule has 6 nitrogen and oxygen atoms in total. The minimum Gasteiger partial charge on any atom is -0.443 e. The number of hydrogen-bond acceptors (Lipinski definition) is 5. The summed E-state index contributed by atoms with van der Waals surface area (Å²) < 4.78 is 7.64. The average molecular weight is 396 g/mol. The van der Waals surface area contributed by atoms with Gasteiger partial charge in [0.1, 0.15) is 12.1 Å². The number of carbonyl (C=O) groups excluding carboxylic acids is 1. The molecule has 0 amide bonds. The largest absolute Gasteiger partial charge is 0.443 e. The molecule has 3 heterocycles. The first-order valence-electron chi connectivity index (χ1n) is 9.84. The van der Waals surface area contributed by atoms with Crippen LogP contribution in [0.1, 0.15) is 42.3 Å². The number of carbonyl (C=O) groups is 1. The van der Waals surface area contributed by atoms with Gasteiger partial charge in [-0.05, 0) is 25.0 Å². The zero-order valence-electron chi connectivity index (χ0n) is 16.7. The predicted molar refractivity (Wildman–Crippen MR) is 112 cm³/mol. The molecule has 6 heteroatoms. The fourth-order valence-corrected chi connectivity index (χ4v) is 4.07. The molecule has 0 spiro atoms. The van der Waals surface area contributed by atoms with Crippen LogP contribution in [0.15, 0.2) is 78.3 Å². The Morgan fingerprint density at radius 3 is 2.47 bits per heavy atom. The lowest BCUT2D eigenvalue weighted by Crippen LogP contribution is -2.22. The highest BCUT2D eigenvalue weighted by atomic mass is 16.5. The van der Waals surface area contributed by atoms with Gasteiger partial charge in [-0.1, -0.05) is 60.7 Å². The summed E-state index contributed by atoms with van der Waals surface area (Å²) in [6.45, 7) is 3.38. The fraction of sp³-hybridized carbons (Fsp3) is 0.167. The summed E-state index contributed by atoms with van der Waals surface area (Å²) >= 11 is 0. The number of Topliss-reactive ketones (excluding diaryl/α,β-unsaturated/α-hetero) is 1. The van der Waals surface area contributed by atoms with Crippen molar-refractivity contribution in [3.63, 3.8) is 0 Å². The fourth-order valence-electron chi connectivity index (χ4n) is 4.07. The van der Waals surface area contributed by atoms with Crippen molar-refractivity contribution in [2.45, 2.75) is 26.2 Å². The summed E-state index contributed by atoms with van der Waals surface area (Å²) in [7, 11) is 0. The lowest BCUT2D eigenvalue weighted by molar-refractivity contribution is -0.114. The van der Waals surface area contributed by atoms with Crippen LogP contribution in [-0.2, 0) is 11.2 Å². The van der Waals surface area contributed by atoms with Crippen LogP contribution in [0.3, 0.4) is 0 Å². The Kier molecular flexibility index (Phi) is 4.39. The van der Waals surface area contributed by atoms with Crippen molar-refractivity contribution in [3.8, 4) is 5.88 Å². The van der Waals surface area contributed by atoms with Gasteiger partial charge in [0.15, 0.2) is 17.3 Å². The van der Waals surface area contributed by atoms with E-state index in [0.29, 0.717) is 35.1 Å². The van der Waals surface area contributed by atoms with Crippen LogP contribution in [0, 0.1) is 0 Å². The van der Waals surface area contributed by atoms with E-state index >= 15 is 0 Å². The highest BCUT2D eigenvalue weighted by molar-refractivity contribution is 5.97. The molecule has 148 valence electrons. The Morgan fingerprint density at radius 2 is 1.77 bits per heavy atom. The van der Waals surface area contributed by atoms with Gasteiger partial charge in [0.2, 0.25) is 5.88 Å². The number of nitrogens with zero attached hydrogens (tertiary/aromatic N) is 4. The highest BCUT2D eigenvalue weighted by Gasteiger charge is 2.35. The molecule has 0 N–H and O–H groups in total. The van der Waals surface area contributed by atoms with Crippen LogP contribution in [0.25, 0.3) is 5.65 Å². The molecule has 1 aliphatic heterocycles. The summed E-state index contributed by atoms with van der Waals surface area (Å²) in [4.78, 5) is 21.9. The standard InChI is InChI=1S/C24H20N4O2/c1-15(29)20-16(2)30-24-22(21(20)18-11-7-4-8-12-18)23-26-19(27-28(23)14-25-24)13-17-9-5-3-6-10-17/h3-12,14,21H,13H2,1-2H3/t21-/m1/s1. The van der Waals surface area contributed by atoms with Crippen molar-refractivity contribution < 1.29 is 9.53 Å². The van der Waals surface area contributed by atoms with Crippen LogP contribution >= 0.6 is 0 Å². The number of ketones is 1. The third-order valence-corrected chi connectivity index (χ3v) is 5.35. The van der Waals surface area contributed by atoms with Gasteiger partial charge in [0, 0.05) is 17.9 Å². The second-order valence-electron chi connectivity index (χ2n) is 7.39. The minimum atomic E-state index is -0.308. The first-order valence-corrected chi connectivity index (χ1v) is 9.84. The molecule has 0 radical (unpaired) electrons. The SMILES string of the molecule is CC(=O)C1=C(C)Oc2ncn3nc(Cc4ccccc4)nc3c2[C@@H]1c1ccccc1. The van der Waals surface area contributed by atoms with Gasteiger partial charge in [-0.2, -0.15) is 0 Å². The van der Waals surface area contributed by atoms with Crippen LogP contribution < -0.4 is 4.74 Å². The quantitative estimate of drug-likeness (QED) is 0.519. The Balaban J connectivity index is 1.70. The summed E-state index contributed by atoms with van der Waals surface area (Å²) in [5, 5.41) is 4.62. The monoisotopic (exact) mass is 396 g/mol. The average Bonchev–Trinajstić information content (AvgIpc) is 3.16. The van der Waals surface area contributed by atoms with Gasteiger partial charge < -0.3 is 4.74 Å². The Hall–Kier alpha value is -3.80. The maximum absolute atomic E-state index is 12.6. The van der Waals surface area contributed by atoms with Gasteiger partial charge in [-0.25, -0.2) is 14.5 Å². The van der Waals surface area contributed by atoms with Gasteiger partial charge >= 0.3 is 0 Å². The van der Waals surface area contributed by atoms with Crippen LogP contribution in [0.2, 0.25) is 0 Å². The number of aromatic nitrogens is 4. The topological polar surface area (TPSA) is 69.4 Å². The van der Waals surface area contributed by atoms with Crippen molar-refractivity contribution in [3.05, 3.63) is 101 Å². The van der Waals surface area contributed by atoms with Crippen LogP contribution in [0.4, 0.5) is 0 Å². The summed E-state index contributed by atoms with van der Waals surface area (Å²) in [5.74, 6) is 1.40. The molecule has 0 saturated carbocycles. The molecule has 2 aromatic carbocycles. The number of allylic oxidation sites excluding steroid dienone is 2. The smallest absolute Gasteiger partial charge is 0.228 e. The lowest BCUT2D eigenvalue weighted by Gasteiger charge is -2.28. The number of rotatable bonds is 4. The van der Waals surface area contributed by atoms with E-state index in [0.717, 1.165) is 16.7 Å². The van der Waals surface area contributed by atoms with E-state index in [1.165, 1.54) is 0 Å². The van der Waals surface area contributed by atoms with E-state index < -0.39 is 0 Å². The molecule has 1 atom stereocenters. The van der Waals surface area contributed by atoms with Crippen LogP contribution in [-0.4, -0.2) is 25.4 Å². The third-order valence-electron chi connectivity index (χ3n) is 5.35. The number of ether oxygens (including phenoxy) is 1. The first kappa shape index (κ1) is 18.2. The van der Waals surface area contributed by atoms with E-state index in [2.05, 4.69) is 22.2 Å². The van der Waals surface area contributed by atoms with E-state index in [9.17, 15) is 4.79 Å². The number of benzene rings is 2. The third kappa shape index (κ3) is 3.06. The maximum atomic E-state index is 12.6. The zero-order chi connectivity index (χ0) is 20.7. The van der Waals surface area contributed by atoms with Crippen molar-refractivity contribution in [1.82, 2.24) is 19.6 Å². The number of hydrogen-bond donors (Lipinski definition) is 0. The zero-order valence-corrected chi connectivity index (χ0v) is 16.7. The molecule has 0 bridgehead atoms. The van der Waals surface area contributed by atoms with Gasteiger partial charge in [-0.15, -0.1) is 5.10 Å². The van der Waals surface area contributed by atoms with Crippen molar-refractivity contribution >= 4 is 11.4 Å². The van der Waals surface area contributed by atoms with Crippen molar-refractivity contribution in [2.75, 3.05) is 0 Å². The maximum Gasteiger partial charge on any atom is 0.228 e. The molecule has 0 fully saturated rings. The van der Waals surface area contributed by atoms with Gasteiger partial charge in [-0.3, -0.25) is 4.79 Å². The molecule has 0 unspecified atom stereocenters. The van der Waals surface area contributed by atoms with E-state index in [4.69, 9.17) is 9.72 Å². The molecule has 2 aromatic heterocycles. The van der Waals surface area contributed by atoms with E-state index in [-0.39, 0.29) is 11.7 Å². The second kappa shape index (κ2) is 7.22. The van der Waals surface area contributed by atoms with E-state index in [1.54, 1.807) is 17.8 Å². The molecule has 5 rings (SSSR count). The highest BCUT2D eigenvalue weighted by Crippen LogP contribution is 2.43. The predicted octanol–water partition coefficient (Wildman–Crippen LogP) is 4.10. The van der Waals surface area contributed by atoms with Gasteiger partial charge in [0.05, 0.1) is 5.56 Å². The Morgan fingerprint density at radius 1 is 1.07 bits per heavy atom. The van der Waals surface area contributed by atoms with E-state index in [1.807, 2.05) is 55.5 Å². The molecule has 0 aliphatic carbocycles. The Labute approximate surface area is 173 Å². The Bertz CT molecular complexity index is 1280. The summed E-state index contributed by atoms with van der Waals surface area (Å²) in [6.07, 6.45) is 2.23. The molecular formula is C24H20N4O2. The van der Waals surface area contributed by atoms with Gasteiger partial charge in [0.25, 0.3) is 0 Å². The minimum absolute atomic E-state index is 0.0296. The summed E-state index contributed by atoms with van der Waals surface area (Å²) in [6, 6.07) is 20.0. The first-order chi connectivity index (χ1) is 14.6. The van der Waals surface area contributed by atoms with Crippen LogP contribution in [0.5, 0.6) is 5.88 Å². The molecule has 1 aliphatic rings. The molecule has 4 aromatic rings. The molecule has 30 heavy (non-hydrogen) atoms. The molecule has 0 saturated heterocycles. The summed E-state index contributed by atoms with van der Waals surface area (Å²) in [5.41, 5.74) is 4.17. The number of fused-ring (bicyclic) bond motifs is 3. The second-order valence-corrected chi connectivity index (χ2v) is 7.39. The van der Waals surface area contributed by atoms with Crippen molar-refractivity contribution in [1.29, 1.82) is 0 Å². The van der Waals surface area contributed by atoms with Crippen molar-refractivity contribution in [2.24, 2.45) is 0 Å².